The van der Waals surface area contributed by atoms with E-state index in [9.17, 15) is 0 Å². The lowest BCUT2D eigenvalue weighted by Crippen LogP contribution is -2.08. The van der Waals surface area contributed by atoms with Gasteiger partial charge in [-0.2, -0.15) is 4.98 Å². The Labute approximate surface area is 179 Å². The average molecular weight is 413 g/mol. The molecule has 31 heavy (non-hydrogen) atoms. The fourth-order valence-electron chi connectivity index (χ4n) is 3.71. The Balaban J connectivity index is 1.28. The number of rotatable bonds is 7. The predicted octanol–water partition coefficient (Wildman–Crippen LogP) is 4.55. The van der Waals surface area contributed by atoms with Crippen molar-refractivity contribution in [2.75, 3.05) is 24.3 Å². The van der Waals surface area contributed by atoms with Crippen molar-refractivity contribution in [3.05, 3.63) is 66.2 Å². The molecule has 0 saturated heterocycles. The number of H-pyrrole nitrogens is 2. The van der Waals surface area contributed by atoms with Crippen molar-refractivity contribution >= 4 is 39.4 Å². The normalized spacial score (nSPS) is 11.2. The van der Waals surface area contributed by atoms with E-state index in [0.717, 1.165) is 40.2 Å². The van der Waals surface area contributed by atoms with Gasteiger partial charge < -0.3 is 25.3 Å². The van der Waals surface area contributed by atoms with Crippen LogP contribution in [0, 0.1) is 6.92 Å². The highest BCUT2D eigenvalue weighted by atomic mass is 16.5. The zero-order valence-electron chi connectivity index (χ0n) is 17.4. The lowest BCUT2D eigenvalue weighted by atomic mass is 10.1. The molecule has 2 aromatic carbocycles. The van der Waals surface area contributed by atoms with Gasteiger partial charge in [0.2, 0.25) is 5.95 Å². The first kappa shape index (κ1) is 18.9. The number of nitrogens with one attached hydrogen (secondary N) is 4. The monoisotopic (exact) mass is 413 g/mol. The van der Waals surface area contributed by atoms with Gasteiger partial charge in [-0.05, 0) is 55.3 Å². The summed E-state index contributed by atoms with van der Waals surface area (Å²) in [4.78, 5) is 20.1. The maximum absolute atomic E-state index is 5.35. The van der Waals surface area contributed by atoms with Crippen LogP contribution >= 0.6 is 0 Å². The largest absolute Gasteiger partial charge is 0.497 e. The van der Waals surface area contributed by atoms with Gasteiger partial charge in [0, 0.05) is 29.8 Å². The molecule has 8 nitrogen and oxygen atoms in total. The van der Waals surface area contributed by atoms with E-state index in [1.165, 1.54) is 10.9 Å². The Bertz CT molecular complexity index is 1350. The number of benzene rings is 2. The number of anilines is 3. The number of aryl methyl sites for hydroxylation is 1. The lowest BCUT2D eigenvalue weighted by molar-refractivity contribution is 0.415. The Morgan fingerprint density at radius 1 is 1.06 bits per heavy atom. The summed E-state index contributed by atoms with van der Waals surface area (Å²) >= 11 is 0. The SMILES string of the molecule is COc1ccc2[nH]cc(CCNc3nccc(Nc4cccc5[nH]c(C)nc45)n3)c2c1. The average Bonchev–Trinajstić information content (AvgIpc) is 3.37. The van der Waals surface area contributed by atoms with Crippen LogP contribution in [0.15, 0.2) is 54.9 Å². The number of para-hydroxylation sites is 1. The topological polar surface area (TPSA) is 104 Å². The molecule has 3 aromatic heterocycles. The van der Waals surface area contributed by atoms with Gasteiger partial charge in [-0.15, -0.1) is 0 Å². The van der Waals surface area contributed by atoms with Crippen LogP contribution < -0.4 is 15.4 Å². The minimum Gasteiger partial charge on any atom is -0.497 e. The highest BCUT2D eigenvalue weighted by Gasteiger charge is 2.08. The molecule has 3 heterocycles. The summed E-state index contributed by atoms with van der Waals surface area (Å²) in [7, 11) is 1.68. The molecule has 4 N–H and O–H groups in total. The van der Waals surface area contributed by atoms with E-state index in [0.29, 0.717) is 18.3 Å². The number of imidazole rings is 1. The molecule has 0 aliphatic rings. The van der Waals surface area contributed by atoms with E-state index in [1.807, 2.05) is 49.5 Å². The van der Waals surface area contributed by atoms with Crippen molar-refractivity contribution in [3.8, 4) is 5.75 Å². The highest BCUT2D eigenvalue weighted by Crippen LogP contribution is 2.25. The van der Waals surface area contributed by atoms with Crippen molar-refractivity contribution in [1.82, 2.24) is 24.9 Å². The number of nitrogens with zero attached hydrogens (tertiary/aromatic N) is 3. The summed E-state index contributed by atoms with van der Waals surface area (Å²) in [6.45, 7) is 2.65. The summed E-state index contributed by atoms with van der Waals surface area (Å²) in [6, 6.07) is 13.9. The second-order valence-electron chi connectivity index (χ2n) is 7.32. The van der Waals surface area contributed by atoms with Crippen molar-refractivity contribution < 1.29 is 4.74 Å². The number of aromatic amines is 2. The molecule has 5 rings (SSSR count). The Morgan fingerprint density at radius 3 is 2.90 bits per heavy atom. The summed E-state index contributed by atoms with van der Waals surface area (Å²) in [5, 5.41) is 7.83. The first-order chi connectivity index (χ1) is 15.2. The lowest BCUT2D eigenvalue weighted by Gasteiger charge is -2.09. The van der Waals surface area contributed by atoms with Crippen molar-refractivity contribution in [3.63, 3.8) is 0 Å². The van der Waals surface area contributed by atoms with E-state index < -0.39 is 0 Å². The summed E-state index contributed by atoms with van der Waals surface area (Å²) in [5.41, 5.74) is 5.10. The molecular weight excluding hydrogens is 390 g/mol. The smallest absolute Gasteiger partial charge is 0.224 e. The molecule has 0 saturated carbocycles. The summed E-state index contributed by atoms with van der Waals surface area (Å²) in [6.07, 6.45) is 4.61. The predicted molar refractivity (Wildman–Crippen MR) is 123 cm³/mol. The first-order valence-corrected chi connectivity index (χ1v) is 10.1. The number of methoxy groups -OCH3 is 1. The fourth-order valence-corrected chi connectivity index (χ4v) is 3.71. The molecule has 0 aliphatic carbocycles. The minimum atomic E-state index is 0.577. The molecule has 0 unspecified atom stereocenters. The van der Waals surface area contributed by atoms with Crippen LogP contribution in [0.1, 0.15) is 11.4 Å². The van der Waals surface area contributed by atoms with Gasteiger partial charge in [-0.1, -0.05) is 6.07 Å². The third-order valence-corrected chi connectivity index (χ3v) is 5.20. The maximum atomic E-state index is 5.35. The van der Waals surface area contributed by atoms with Crippen LogP contribution in [0.2, 0.25) is 0 Å². The molecule has 0 aliphatic heterocycles. The Morgan fingerprint density at radius 2 is 2.00 bits per heavy atom. The third-order valence-electron chi connectivity index (χ3n) is 5.20. The fraction of sp³-hybridized carbons (Fsp3) is 0.174. The van der Waals surface area contributed by atoms with Gasteiger partial charge in [0.05, 0.1) is 18.3 Å². The quantitative estimate of drug-likeness (QED) is 0.312. The standard InChI is InChI=1S/C23H23N7O/c1-14-27-19-4-3-5-20(22(19)28-14)29-21-9-11-25-23(30-21)24-10-8-15-13-26-18-7-6-16(31-2)12-17(15)18/h3-7,9,11-13,26H,8,10H2,1-2H3,(H,27,28)(H2,24,25,29,30). The van der Waals surface area contributed by atoms with E-state index >= 15 is 0 Å². The maximum Gasteiger partial charge on any atom is 0.224 e. The molecule has 0 radical (unpaired) electrons. The van der Waals surface area contributed by atoms with Crippen LogP contribution in [-0.4, -0.2) is 38.6 Å². The number of aromatic nitrogens is 5. The van der Waals surface area contributed by atoms with Crippen molar-refractivity contribution in [1.29, 1.82) is 0 Å². The molecule has 0 bridgehead atoms. The van der Waals surface area contributed by atoms with Crippen LogP contribution in [0.3, 0.4) is 0 Å². The second kappa shape index (κ2) is 7.98. The summed E-state index contributed by atoms with van der Waals surface area (Å²) in [5.74, 6) is 3.02. The van der Waals surface area contributed by atoms with Gasteiger partial charge in [0.25, 0.3) is 0 Å². The molecule has 0 spiro atoms. The third kappa shape index (κ3) is 3.87. The minimum absolute atomic E-state index is 0.577. The molecule has 5 aromatic rings. The second-order valence-corrected chi connectivity index (χ2v) is 7.32. The van der Waals surface area contributed by atoms with Crippen LogP contribution in [-0.2, 0) is 6.42 Å². The van der Waals surface area contributed by atoms with Crippen LogP contribution in [0.5, 0.6) is 5.75 Å². The van der Waals surface area contributed by atoms with Gasteiger partial charge in [-0.25, -0.2) is 9.97 Å². The van der Waals surface area contributed by atoms with Crippen LogP contribution in [0.4, 0.5) is 17.5 Å². The number of fused-ring (bicyclic) bond motifs is 2. The first-order valence-electron chi connectivity index (χ1n) is 10.1. The van der Waals surface area contributed by atoms with Crippen LogP contribution in [0.25, 0.3) is 21.9 Å². The van der Waals surface area contributed by atoms with E-state index in [4.69, 9.17) is 4.74 Å². The molecule has 0 fully saturated rings. The van der Waals surface area contributed by atoms with Gasteiger partial charge in [0.15, 0.2) is 0 Å². The molecular formula is C23H23N7O. The van der Waals surface area contributed by atoms with Gasteiger partial charge in [0.1, 0.15) is 22.9 Å². The number of hydrogen-bond acceptors (Lipinski definition) is 6. The Kier molecular flexibility index (Phi) is 4.87. The number of hydrogen-bond donors (Lipinski definition) is 4. The van der Waals surface area contributed by atoms with Crippen molar-refractivity contribution in [2.45, 2.75) is 13.3 Å². The molecule has 156 valence electrons. The van der Waals surface area contributed by atoms with E-state index in [2.05, 4.69) is 41.6 Å². The zero-order valence-corrected chi connectivity index (χ0v) is 17.4. The van der Waals surface area contributed by atoms with Gasteiger partial charge >= 0.3 is 0 Å². The molecule has 8 heteroatoms. The summed E-state index contributed by atoms with van der Waals surface area (Å²) < 4.78 is 5.35. The zero-order chi connectivity index (χ0) is 21.2. The molecule has 0 atom stereocenters. The van der Waals surface area contributed by atoms with Crippen molar-refractivity contribution in [2.24, 2.45) is 0 Å². The van der Waals surface area contributed by atoms with Gasteiger partial charge in [-0.3, -0.25) is 0 Å². The van der Waals surface area contributed by atoms with E-state index in [1.54, 1.807) is 13.3 Å². The Hall–Kier alpha value is -4.07. The highest BCUT2D eigenvalue weighted by molar-refractivity contribution is 5.90. The van der Waals surface area contributed by atoms with E-state index in [-0.39, 0.29) is 0 Å². The number of ether oxygens (including phenoxy) is 1. The molecule has 0 amide bonds.